The Morgan fingerprint density at radius 3 is 2.71 bits per heavy atom. The molecule has 0 atom stereocenters. The zero-order valence-electron chi connectivity index (χ0n) is 9.19. The molecule has 0 aliphatic rings. The van der Waals surface area contributed by atoms with Gasteiger partial charge in [-0.3, -0.25) is 9.59 Å². The predicted molar refractivity (Wildman–Crippen MR) is 54.4 cm³/mol. The van der Waals surface area contributed by atoms with Crippen LogP contribution in [0, 0.1) is 18.3 Å². The lowest BCUT2D eigenvalue weighted by molar-refractivity contribution is -0.139. The Labute approximate surface area is 97.0 Å². The number of nitrogens with one attached hydrogen (secondary N) is 2. The first-order valence-electron chi connectivity index (χ1n) is 4.85. The van der Waals surface area contributed by atoms with E-state index < -0.39 is 11.8 Å². The smallest absolute Gasteiger partial charge is 0.310 e. The van der Waals surface area contributed by atoms with Crippen LogP contribution >= 0.6 is 0 Å². The molecule has 8 heteroatoms. The van der Waals surface area contributed by atoms with Crippen LogP contribution in [0.15, 0.2) is 4.52 Å². The average molecular weight is 237 g/mol. The van der Waals surface area contributed by atoms with Gasteiger partial charge in [0.25, 0.3) is 0 Å². The molecule has 0 aliphatic heterocycles. The molecule has 1 heterocycles. The van der Waals surface area contributed by atoms with Crippen LogP contribution in [-0.4, -0.2) is 35.0 Å². The fraction of sp³-hybridized carbons (Fsp3) is 0.444. The van der Waals surface area contributed by atoms with Gasteiger partial charge in [0, 0.05) is 13.0 Å². The summed E-state index contributed by atoms with van der Waals surface area (Å²) < 4.78 is 4.82. The number of hydrogen-bond acceptors (Lipinski definition) is 6. The van der Waals surface area contributed by atoms with Gasteiger partial charge < -0.3 is 15.2 Å². The Kier molecular flexibility index (Phi) is 4.62. The minimum Gasteiger partial charge on any atom is -0.347 e. The van der Waals surface area contributed by atoms with Crippen LogP contribution in [0.25, 0.3) is 0 Å². The van der Waals surface area contributed by atoms with Gasteiger partial charge in [-0.1, -0.05) is 5.16 Å². The number of hydrogen-bond donors (Lipinski definition) is 2. The molecule has 0 aromatic carbocycles. The average Bonchev–Trinajstić information content (AvgIpc) is 2.71. The normalized spacial score (nSPS) is 9.41. The Morgan fingerprint density at radius 1 is 1.41 bits per heavy atom. The molecule has 90 valence electrons. The highest BCUT2D eigenvalue weighted by Crippen LogP contribution is 1.95. The zero-order valence-corrected chi connectivity index (χ0v) is 9.19. The predicted octanol–water partition coefficient (Wildman–Crippen LogP) is -1.32. The summed E-state index contributed by atoms with van der Waals surface area (Å²) in [5.74, 6) is -0.733. The molecule has 2 N–H and O–H groups in total. The summed E-state index contributed by atoms with van der Waals surface area (Å²) in [6, 6.07) is 1.69. The molecule has 1 rings (SSSR count). The molecular formula is C9H11N5O3. The van der Waals surface area contributed by atoms with E-state index in [2.05, 4.69) is 20.8 Å². The molecule has 0 bridgehead atoms. The molecular weight excluding hydrogens is 226 g/mol. The van der Waals surface area contributed by atoms with E-state index >= 15 is 0 Å². The van der Waals surface area contributed by atoms with Crippen molar-refractivity contribution in [1.29, 1.82) is 5.26 Å². The SMILES string of the molecule is Cc1noc(CCNC(=O)C(=O)NCC#N)n1. The van der Waals surface area contributed by atoms with Crippen LogP contribution in [-0.2, 0) is 16.0 Å². The summed E-state index contributed by atoms with van der Waals surface area (Å²) in [4.78, 5) is 26.1. The molecule has 1 aromatic rings. The minimum atomic E-state index is -0.840. The molecule has 8 nitrogen and oxygen atoms in total. The summed E-state index contributed by atoms with van der Waals surface area (Å²) in [6.07, 6.45) is 0.345. The topological polar surface area (TPSA) is 121 Å². The standard InChI is InChI=1S/C9H11N5O3/c1-6-13-7(17-14-6)2-4-11-8(15)9(16)12-5-3-10/h2,4-5H2,1H3,(H,11,15)(H,12,16). The van der Waals surface area contributed by atoms with Crippen molar-refractivity contribution < 1.29 is 14.1 Å². The van der Waals surface area contributed by atoms with Crippen LogP contribution in [0.5, 0.6) is 0 Å². The molecule has 0 saturated heterocycles. The third kappa shape index (κ3) is 4.29. The first-order valence-corrected chi connectivity index (χ1v) is 4.85. The van der Waals surface area contributed by atoms with Crippen LogP contribution in [0.1, 0.15) is 11.7 Å². The Hall–Kier alpha value is -2.43. The van der Waals surface area contributed by atoms with Gasteiger partial charge in [0.15, 0.2) is 5.82 Å². The lowest BCUT2D eigenvalue weighted by Gasteiger charge is -2.01. The van der Waals surface area contributed by atoms with Gasteiger partial charge in [0.2, 0.25) is 5.89 Å². The first kappa shape index (κ1) is 12.6. The van der Waals surface area contributed by atoms with Crippen molar-refractivity contribution in [2.75, 3.05) is 13.1 Å². The van der Waals surface area contributed by atoms with E-state index in [0.717, 1.165) is 0 Å². The lowest BCUT2D eigenvalue weighted by atomic mass is 10.4. The largest absolute Gasteiger partial charge is 0.347 e. The van der Waals surface area contributed by atoms with Crippen molar-refractivity contribution in [3.63, 3.8) is 0 Å². The van der Waals surface area contributed by atoms with Gasteiger partial charge in [-0.25, -0.2) is 0 Å². The van der Waals surface area contributed by atoms with E-state index in [4.69, 9.17) is 9.78 Å². The van der Waals surface area contributed by atoms with Gasteiger partial charge >= 0.3 is 11.8 Å². The first-order chi connectivity index (χ1) is 8.13. The number of aromatic nitrogens is 2. The monoisotopic (exact) mass is 237 g/mol. The van der Waals surface area contributed by atoms with Crippen molar-refractivity contribution in [2.45, 2.75) is 13.3 Å². The zero-order chi connectivity index (χ0) is 12.7. The maximum absolute atomic E-state index is 11.1. The van der Waals surface area contributed by atoms with Crippen molar-refractivity contribution in [3.8, 4) is 6.07 Å². The molecule has 2 amide bonds. The number of carbonyl (C=O) groups excluding carboxylic acids is 2. The number of rotatable bonds is 4. The molecule has 0 aliphatic carbocycles. The van der Waals surface area contributed by atoms with Crippen molar-refractivity contribution in [2.24, 2.45) is 0 Å². The van der Waals surface area contributed by atoms with E-state index in [1.54, 1.807) is 13.0 Å². The summed E-state index contributed by atoms with van der Waals surface area (Å²) >= 11 is 0. The van der Waals surface area contributed by atoms with Crippen LogP contribution in [0.4, 0.5) is 0 Å². The van der Waals surface area contributed by atoms with E-state index in [1.807, 2.05) is 0 Å². The van der Waals surface area contributed by atoms with Gasteiger partial charge in [0.05, 0.1) is 6.07 Å². The fourth-order valence-corrected chi connectivity index (χ4v) is 1.00. The highest BCUT2D eigenvalue weighted by molar-refractivity contribution is 6.35. The molecule has 0 radical (unpaired) electrons. The van der Waals surface area contributed by atoms with Crippen LogP contribution in [0.3, 0.4) is 0 Å². The second kappa shape index (κ2) is 6.22. The van der Waals surface area contributed by atoms with Crippen LogP contribution < -0.4 is 10.6 Å². The second-order valence-electron chi connectivity index (χ2n) is 3.08. The Bertz CT molecular complexity index is 448. The van der Waals surface area contributed by atoms with Crippen molar-refractivity contribution in [1.82, 2.24) is 20.8 Å². The lowest BCUT2D eigenvalue weighted by Crippen LogP contribution is -2.40. The third-order valence-corrected chi connectivity index (χ3v) is 1.73. The third-order valence-electron chi connectivity index (χ3n) is 1.73. The molecule has 0 spiro atoms. The molecule has 0 unspecified atom stereocenters. The summed E-state index contributed by atoms with van der Waals surface area (Å²) in [6.45, 7) is 1.69. The fourth-order valence-electron chi connectivity index (χ4n) is 1.00. The molecule has 17 heavy (non-hydrogen) atoms. The van der Waals surface area contributed by atoms with Gasteiger partial charge in [-0.15, -0.1) is 0 Å². The molecule has 0 fully saturated rings. The second-order valence-corrected chi connectivity index (χ2v) is 3.08. The highest BCUT2D eigenvalue weighted by Gasteiger charge is 2.12. The van der Waals surface area contributed by atoms with Crippen molar-refractivity contribution >= 4 is 11.8 Å². The molecule has 0 saturated carbocycles. The van der Waals surface area contributed by atoms with Crippen LogP contribution in [0.2, 0.25) is 0 Å². The quantitative estimate of drug-likeness (QED) is 0.494. The summed E-state index contributed by atoms with van der Waals surface area (Å²) in [7, 11) is 0. The van der Waals surface area contributed by atoms with Gasteiger partial charge in [-0.2, -0.15) is 10.2 Å². The van der Waals surface area contributed by atoms with E-state index in [0.29, 0.717) is 18.1 Å². The summed E-state index contributed by atoms with van der Waals surface area (Å²) in [5, 5.41) is 16.3. The summed E-state index contributed by atoms with van der Waals surface area (Å²) in [5.41, 5.74) is 0. The number of aryl methyl sites for hydroxylation is 1. The van der Waals surface area contributed by atoms with E-state index in [1.165, 1.54) is 0 Å². The number of nitriles is 1. The number of carbonyl (C=O) groups is 2. The van der Waals surface area contributed by atoms with E-state index in [9.17, 15) is 9.59 Å². The number of amides is 2. The maximum Gasteiger partial charge on any atom is 0.310 e. The number of nitrogens with zero attached hydrogens (tertiary/aromatic N) is 3. The Balaban J connectivity index is 2.24. The maximum atomic E-state index is 11.1. The van der Waals surface area contributed by atoms with Crippen molar-refractivity contribution in [3.05, 3.63) is 11.7 Å². The minimum absolute atomic E-state index is 0.199. The van der Waals surface area contributed by atoms with E-state index in [-0.39, 0.29) is 13.1 Å². The highest BCUT2D eigenvalue weighted by atomic mass is 16.5. The molecule has 1 aromatic heterocycles. The van der Waals surface area contributed by atoms with Gasteiger partial charge in [-0.05, 0) is 6.92 Å². The van der Waals surface area contributed by atoms with Gasteiger partial charge in [0.1, 0.15) is 6.54 Å². The Morgan fingerprint density at radius 2 is 2.12 bits per heavy atom.